The second-order valence-electron chi connectivity index (χ2n) is 6.64. The van der Waals surface area contributed by atoms with E-state index in [2.05, 4.69) is 15.5 Å². The molecule has 7 nitrogen and oxygen atoms in total. The average molecular weight is 363 g/mol. The summed E-state index contributed by atoms with van der Waals surface area (Å²) in [7, 11) is 0. The summed E-state index contributed by atoms with van der Waals surface area (Å²) < 4.78 is 2.47. The van der Waals surface area contributed by atoms with Gasteiger partial charge >= 0.3 is 5.69 Å². The molecule has 2 aromatic heterocycles. The van der Waals surface area contributed by atoms with Crippen molar-refractivity contribution in [3.63, 3.8) is 0 Å². The van der Waals surface area contributed by atoms with E-state index in [4.69, 9.17) is 0 Å². The van der Waals surface area contributed by atoms with Gasteiger partial charge in [0.15, 0.2) is 5.65 Å². The second kappa shape index (κ2) is 8.03. The Morgan fingerprint density at radius 2 is 2.08 bits per heavy atom. The largest absolute Gasteiger partial charge is 0.367 e. The Kier molecular flexibility index (Phi) is 5.78. The van der Waals surface area contributed by atoms with Crippen LogP contribution in [-0.4, -0.2) is 36.6 Å². The third-order valence-electron chi connectivity index (χ3n) is 4.57. The number of hydrogen-bond donors (Lipinski definition) is 1. The van der Waals surface area contributed by atoms with Gasteiger partial charge in [-0.2, -0.15) is 9.61 Å². The molecule has 3 rings (SSSR count). The molecule has 1 atom stereocenters. The molecule has 2 aromatic rings. The Hall–Kier alpha value is -1.83. The molecule has 1 saturated carbocycles. The van der Waals surface area contributed by atoms with E-state index in [0.717, 1.165) is 11.4 Å². The molecular formula is C17H25N5O2S. The highest BCUT2D eigenvalue weighted by Crippen LogP contribution is 2.32. The molecule has 2 heterocycles. The molecule has 136 valence electrons. The van der Waals surface area contributed by atoms with E-state index in [0.29, 0.717) is 10.9 Å². The lowest BCUT2D eigenvalue weighted by Crippen LogP contribution is -2.37. The minimum atomic E-state index is -0.375. The molecule has 0 spiro atoms. The number of aromatic nitrogens is 4. The first-order valence-electron chi connectivity index (χ1n) is 8.99. The van der Waals surface area contributed by atoms with Crippen molar-refractivity contribution in [3.8, 4) is 0 Å². The fourth-order valence-electron chi connectivity index (χ4n) is 2.97. The summed E-state index contributed by atoms with van der Waals surface area (Å²) in [6.07, 6.45) is 7.10. The molecule has 1 aliphatic carbocycles. The van der Waals surface area contributed by atoms with Crippen LogP contribution in [0, 0.1) is 0 Å². The Labute approximate surface area is 151 Å². The molecule has 0 unspecified atom stereocenters. The van der Waals surface area contributed by atoms with Crippen molar-refractivity contribution in [1.82, 2.24) is 24.7 Å². The number of carbonyl (C=O) groups is 1. The normalized spacial score (nSPS) is 16.9. The molecule has 0 aliphatic heterocycles. The van der Waals surface area contributed by atoms with Gasteiger partial charge in [-0.15, -0.1) is 16.9 Å². The molecule has 1 aliphatic rings. The van der Waals surface area contributed by atoms with Gasteiger partial charge in [-0.3, -0.25) is 4.79 Å². The van der Waals surface area contributed by atoms with Crippen molar-refractivity contribution in [2.45, 2.75) is 75.2 Å². The number of nitrogens with one attached hydrogen (secondary N) is 1. The number of thioether (sulfide) groups is 1. The highest BCUT2D eigenvalue weighted by Gasteiger charge is 2.17. The second-order valence-corrected chi connectivity index (χ2v) is 7.96. The summed E-state index contributed by atoms with van der Waals surface area (Å²) in [5.41, 5.74) is 0.0923. The van der Waals surface area contributed by atoms with Crippen LogP contribution in [0.1, 0.15) is 52.4 Å². The quantitative estimate of drug-likeness (QED) is 0.851. The van der Waals surface area contributed by atoms with Gasteiger partial charge in [-0.05, 0) is 38.3 Å². The van der Waals surface area contributed by atoms with Gasteiger partial charge in [-0.1, -0.05) is 26.2 Å². The monoisotopic (exact) mass is 363 g/mol. The van der Waals surface area contributed by atoms with Gasteiger partial charge in [0.05, 0.1) is 0 Å². The standard InChI is InChI=1S/C17H25N5O2S/c1-3-12(2)18-15(23)11-21-17(24)22-14(19-21)9-10-16(20-22)25-13-7-5-4-6-8-13/h9-10,12-13H,3-8,11H2,1-2H3,(H,18,23)/t12-/m0/s1. The molecule has 25 heavy (non-hydrogen) atoms. The van der Waals surface area contributed by atoms with Gasteiger partial charge in [0.25, 0.3) is 0 Å². The predicted octanol–water partition coefficient (Wildman–Crippen LogP) is 2.23. The van der Waals surface area contributed by atoms with Crippen LogP contribution in [0.5, 0.6) is 0 Å². The topological polar surface area (TPSA) is 81.3 Å². The Morgan fingerprint density at radius 1 is 1.32 bits per heavy atom. The van der Waals surface area contributed by atoms with Crippen molar-refractivity contribution in [1.29, 1.82) is 0 Å². The summed E-state index contributed by atoms with van der Waals surface area (Å²) in [5.74, 6) is -0.211. The summed E-state index contributed by atoms with van der Waals surface area (Å²) in [6, 6.07) is 3.78. The zero-order valence-corrected chi connectivity index (χ0v) is 15.6. The van der Waals surface area contributed by atoms with Crippen LogP contribution in [0.25, 0.3) is 5.65 Å². The summed E-state index contributed by atoms with van der Waals surface area (Å²) >= 11 is 1.74. The van der Waals surface area contributed by atoms with Gasteiger partial charge in [0.1, 0.15) is 11.6 Å². The maximum absolute atomic E-state index is 12.5. The summed E-state index contributed by atoms with van der Waals surface area (Å²) in [4.78, 5) is 24.5. The van der Waals surface area contributed by atoms with E-state index in [1.165, 1.54) is 41.3 Å². The van der Waals surface area contributed by atoms with E-state index in [1.54, 1.807) is 17.8 Å². The predicted molar refractivity (Wildman–Crippen MR) is 97.9 cm³/mol. The first-order chi connectivity index (χ1) is 12.1. The van der Waals surface area contributed by atoms with Crippen molar-refractivity contribution >= 4 is 23.3 Å². The first kappa shape index (κ1) is 18.0. The fourth-order valence-corrected chi connectivity index (χ4v) is 4.16. The van der Waals surface area contributed by atoms with Gasteiger partial charge in [-0.25, -0.2) is 9.48 Å². The van der Waals surface area contributed by atoms with E-state index in [9.17, 15) is 9.59 Å². The first-order valence-corrected chi connectivity index (χ1v) is 9.87. The number of fused-ring (bicyclic) bond motifs is 1. The lowest BCUT2D eigenvalue weighted by molar-refractivity contribution is -0.122. The Bertz CT molecular complexity index is 794. The van der Waals surface area contributed by atoms with Crippen LogP contribution in [0.3, 0.4) is 0 Å². The maximum Gasteiger partial charge on any atom is 0.367 e. The molecule has 1 amide bonds. The smallest absolute Gasteiger partial charge is 0.352 e. The van der Waals surface area contributed by atoms with E-state index >= 15 is 0 Å². The van der Waals surface area contributed by atoms with Crippen LogP contribution in [0.2, 0.25) is 0 Å². The zero-order chi connectivity index (χ0) is 17.8. The van der Waals surface area contributed by atoms with Crippen LogP contribution >= 0.6 is 11.8 Å². The third kappa shape index (κ3) is 4.42. The molecule has 8 heteroatoms. The number of carbonyl (C=O) groups excluding carboxylic acids is 1. The SMILES string of the molecule is CC[C@H](C)NC(=O)Cn1nc2ccc(SC3CCCCC3)nn2c1=O. The molecule has 0 aromatic carbocycles. The molecule has 0 radical (unpaired) electrons. The van der Waals surface area contributed by atoms with Crippen molar-refractivity contribution in [3.05, 3.63) is 22.6 Å². The number of nitrogens with zero attached hydrogens (tertiary/aromatic N) is 4. The average Bonchev–Trinajstić information content (AvgIpc) is 2.91. The van der Waals surface area contributed by atoms with E-state index in [-0.39, 0.29) is 24.2 Å². The van der Waals surface area contributed by atoms with Gasteiger partial charge in [0, 0.05) is 11.3 Å². The molecular weight excluding hydrogens is 338 g/mol. The minimum absolute atomic E-state index is 0.0804. The summed E-state index contributed by atoms with van der Waals surface area (Å²) in [6.45, 7) is 3.84. The van der Waals surface area contributed by atoms with Crippen LogP contribution in [0.15, 0.2) is 22.0 Å². The van der Waals surface area contributed by atoms with Crippen molar-refractivity contribution < 1.29 is 4.79 Å². The summed E-state index contributed by atoms with van der Waals surface area (Å²) in [5, 5.41) is 12.9. The fraction of sp³-hybridized carbons (Fsp3) is 0.647. The van der Waals surface area contributed by atoms with Gasteiger partial charge < -0.3 is 5.32 Å². The zero-order valence-electron chi connectivity index (χ0n) is 14.8. The molecule has 1 N–H and O–H groups in total. The van der Waals surface area contributed by atoms with Crippen LogP contribution in [-0.2, 0) is 11.3 Å². The lowest BCUT2D eigenvalue weighted by Gasteiger charge is -2.20. The van der Waals surface area contributed by atoms with Crippen LogP contribution < -0.4 is 11.0 Å². The maximum atomic E-state index is 12.5. The molecule has 1 fully saturated rings. The van der Waals surface area contributed by atoms with Crippen molar-refractivity contribution in [2.24, 2.45) is 0 Å². The number of rotatable bonds is 6. The van der Waals surface area contributed by atoms with E-state index < -0.39 is 0 Å². The Morgan fingerprint density at radius 3 is 2.80 bits per heavy atom. The highest BCUT2D eigenvalue weighted by molar-refractivity contribution is 7.99. The molecule has 0 saturated heterocycles. The Balaban J connectivity index is 1.75. The third-order valence-corrected chi connectivity index (χ3v) is 5.83. The molecule has 0 bridgehead atoms. The van der Waals surface area contributed by atoms with E-state index in [1.807, 2.05) is 19.9 Å². The lowest BCUT2D eigenvalue weighted by atomic mass is 10.0. The highest BCUT2D eigenvalue weighted by atomic mass is 32.2. The van der Waals surface area contributed by atoms with Crippen LogP contribution in [0.4, 0.5) is 0 Å². The van der Waals surface area contributed by atoms with Gasteiger partial charge in [0.2, 0.25) is 5.91 Å². The minimum Gasteiger partial charge on any atom is -0.352 e. The number of hydrogen-bond acceptors (Lipinski definition) is 5. The number of amides is 1. The van der Waals surface area contributed by atoms with Crippen molar-refractivity contribution in [2.75, 3.05) is 0 Å².